The number of hydrogen-bond acceptors (Lipinski definition) is 4. The summed E-state index contributed by atoms with van der Waals surface area (Å²) in [6.07, 6.45) is -0.694. The number of carboxylic acid groups (broad SMARTS) is 1. The largest absolute Gasteiger partial charge is 0.480 e. The minimum absolute atomic E-state index is 0. The normalized spacial score (nSPS) is 12.3. The van der Waals surface area contributed by atoms with Crippen molar-refractivity contribution in [3.05, 3.63) is 0 Å². The van der Waals surface area contributed by atoms with Gasteiger partial charge in [-0.1, -0.05) is 0 Å². The molecule has 0 radical (unpaired) electrons. The SMILES string of the molecule is CN(C(=O)OC(C)(C)C)C(CN)C(=O)O.Cl. The molecular weight excluding hydrogens is 236 g/mol. The number of nitrogens with two attached hydrogens (primary N) is 1. The van der Waals surface area contributed by atoms with Gasteiger partial charge in [0.2, 0.25) is 0 Å². The molecule has 7 heteroatoms. The average molecular weight is 255 g/mol. The Morgan fingerprint density at radius 1 is 1.44 bits per heavy atom. The second kappa shape index (κ2) is 6.55. The highest BCUT2D eigenvalue weighted by Crippen LogP contribution is 2.10. The molecular formula is C9H19ClN2O4. The number of hydrogen-bond donors (Lipinski definition) is 2. The summed E-state index contributed by atoms with van der Waals surface area (Å²) in [4.78, 5) is 23.1. The zero-order valence-electron chi connectivity index (χ0n) is 9.89. The molecule has 0 aliphatic heterocycles. The number of amides is 1. The van der Waals surface area contributed by atoms with Crippen LogP contribution in [0.15, 0.2) is 0 Å². The van der Waals surface area contributed by atoms with Crippen LogP contribution in [0.5, 0.6) is 0 Å². The topological polar surface area (TPSA) is 92.9 Å². The first-order valence-electron chi connectivity index (χ1n) is 4.57. The maximum atomic E-state index is 11.4. The molecule has 0 rings (SSSR count). The molecule has 1 amide bonds. The van der Waals surface area contributed by atoms with Crippen LogP contribution in [0.1, 0.15) is 20.8 Å². The smallest absolute Gasteiger partial charge is 0.410 e. The van der Waals surface area contributed by atoms with Crippen molar-refractivity contribution in [1.82, 2.24) is 4.90 Å². The Morgan fingerprint density at radius 3 is 2.12 bits per heavy atom. The first-order chi connectivity index (χ1) is 6.69. The average Bonchev–Trinajstić information content (AvgIpc) is 2.01. The van der Waals surface area contributed by atoms with Crippen LogP contribution in [-0.2, 0) is 9.53 Å². The fourth-order valence-corrected chi connectivity index (χ4v) is 0.886. The summed E-state index contributed by atoms with van der Waals surface area (Å²) in [5.41, 5.74) is 4.60. The van der Waals surface area contributed by atoms with E-state index in [1.807, 2.05) is 0 Å². The van der Waals surface area contributed by atoms with E-state index in [9.17, 15) is 9.59 Å². The monoisotopic (exact) mass is 254 g/mol. The van der Waals surface area contributed by atoms with Crippen LogP contribution in [0.4, 0.5) is 4.79 Å². The molecule has 1 atom stereocenters. The molecule has 6 nitrogen and oxygen atoms in total. The lowest BCUT2D eigenvalue weighted by Crippen LogP contribution is -2.48. The minimum atomic E-state index is -1.15. The van der Waals surface area contributed by atoms with E-state index in [0.717, 1.165) is 4.90 Å². The number of ether oxygens (including phenoxy) is 1. The summed E-state index contributed by atoms with van der Waals surface area (Å²) < 4.78 is 5.00. The number of aliphatic carboxylic acids is 1. The lowest BCUT2D eigenvalue weighted by Gasteiger charge is -2.27. The van der Waals surface area contributed by atoms with Gasteiger partial charge in [0.25, 0.3) is 0 Å². The molecule has 0 aromatic heterocycles. The van der Waals surface area contributed by atoms with Crippen molar-refractivity contribution in [3.8, 4) is 0 Å². The maximum absolute atomic E-state index is 11.4. The van der Waals surface area contributed by atoms with E-state index in [0.29, 0.717) is 0 Å². The van der Waals surface area contributed by atoms with Gasteiger partial charge < -0.3 is 15.6 Å². The summed E-state index contributed by atoms with van der Waals surface area (Å²) in [6, 6.07) is -1.06. The van der Waals surface area contributed by atoms with Gasteiger partial charge in [0.05, 0.1) is 0 Å². The third-order valence-corrected chi connectivity index (χ3v) is 1.66. The molecule has 0 bridgehead atoms. The lowest BCUT2D eigenvalue weighted by atomic mass is 10.2. The molecule has 96 valence electrons. The Labute approximate surface area is 101 Å². The van der Waals surface area contributed by atoms with Crippen molar-refractivity contribution in [2.24, 2.45) is 5.73 Å². The van der Waals surface area contributed by atoms with Crippen molar-refractivity contribution in [1.29, 1.82) is 0 Å². The second-order valence-corrected chi connectivity index (χ2v) is 4.18. The molecule has 0 aliphatic carbocycles. The second-order valence-electron chi connectivity index (χ2n) is 4.18. The third-order valence-electron chi connectivity index (χ3n) is 1.66. The predicted octanol–water partition coefficient (Wildman–Crippen LogP) is 0.687. The van der Waals surface area contributed by atoms with Gasteiger partial charge in [-0.2, -0.15) is 0 Å². The quantitative estimate of drug-likeness (QED) is 0.773. The van der Waals surface area contributed by atoms with Crippen LogP contribution in [0.2, 0.25) is 0 Å². The lowest BCUT2D eigenvalue weighted by molar-refractivity contribution is -0.142. The van der Waals surface area contributed by atoms with Gasteiger partial charge in [-0.3, -0.25) is 4.90 Å². The van der Waals surface area contributed by atoms with Gasteiger partial charge in [-0.25, -0.2) is 9.59 Å². The summed E-state index contributed by atoms with van der Waals surface area (Å²) in [5, 5.41) is 8.76. The van der Waals surface area contributed by atoms with Crippen molar-refractivity contribution >= 4 is 24.5 Å². The van der Waals surface area contributed by atoms with Crippen LogP contribution < -0.4 is 5.73 Å². The molecule has 3 N–H and O–H groups in total. The van der Waals surface area contributed by atoms with Crippen LogP contribution in [0, 0.1) is 0 Å². The summed E-state index contributed by atoms with van der Waals surface area (Å²) in [5.74, 6) is -1.15. The van der Waals surface area contributed by atoms with E-state index < -0.39 is 23.7 Å². The number of nitrogens with zero attached hydrogens (tertiary/aromatic N) is 1. The Bertz CT molecular complexity index is 252. The Hall–Kier alpha value is -1.01. The van der Waals surface area contributed by atoms with E-state index in [4.69, 9.17) is 15.6 Å². The number of halogens is 1. The number of carbonyl (C=O) groups is 2. The van der Waals surface area contributed by atoms with Gasteiger partial charge >= 0.3 is 12.1 Å². The highest BCUT2D eigenvalue weighted by molar-refractivity contribution is 5.85. The molecule has 0 aromatic carbocycles. The van der Waals surface area contributed by atoms with E-state index in [-0.39, 0.29) is 19.0 Å². The van der Waals surface area contributed by atoms with Crippen molar-refractivity contribution in [2.75, 3.05) is 13.6 Å². The number of likely N-dealkylation sites (N-methyl/N-ethyl adjacent to an activating group) is 1. The molecule has 0 saturated carbocycles. The molecule has 16 heavy (non-hydrogen) atoms. The van der Waals surface area contributed by atoms with E-state index in [2.05, 4.69) is 0 Å². The number of rotatable bonds is 3. The van der Waals surface area contributed by atoms with E-state index in [1.165, 1.54) is 7.05 Å². The van der Waals surface area contributed by atoms with E-state index >= 15 is 0 Å². The first kappa shape index (κ1) is 17.4. The fourth-order valence-electron chi connectivity index (χ4n) is 0.886. The molecule has 0 aliphatic rings. The van der Waals surface area contributed by atoms with Gasteiger partial charge in [0.15, 0.2) is 0 Å². The predicted molar refractivity (Wildman–Crippen MR) is 61.7 cm³/mol. The van der Waals surface area contributed by atoms with Crippen LogP contribution in [0.3, 0.4) is 0 Å². The van der Waals surface area contributed by atoms with E-state index in [1.54, 1.807) is 20.8 Å². The minimum Gasteiger partial charge on any atom is -0.480 e. The van der Waals surface area contributed by atoms with Crippen LogP contribution in [0.25, 0.3) is 0 Å². The zero-order chi connectivity index (χ0) is 12.2. The summed E-state index contributed by atoms with van der Waals surface area (Å²) in [7, 11) is 1.35. The molecule has 0 heterocycles. The summed E-state index contributed by atoms with van der Waals surface area (Å²) >= 11 is 0. The van der Waals surface area contributed by atoms with Gasteiger partial charge in [0.1, 0.15) is 11.6 Å². The highest BCUT2D eigenvalue weighted by atomic mass is 35.5. The molecule has 0 fully saturated rings. The van der Waals surface area contributed by atoms with Gasteiger partial charge in [-0.05, 0) is 20.8 Å². The van der Waals surface area contributed by atoms with Crippen LogP contribution in [-0.4, -0.2) is 47.3 Å². The van der Waals surface area contributed by atoms with Crippen molar-refractivity contribution in [2.45, 2.75) is 32.4 Å². The maximum Gasteiger partial charge on any atom is 0.410 e. The standard InChI is InChI=1S/C9H18N2O4.ClH/c1-9(2,3)15-8(14)11(4)6(5-10)7(12)13;/h6H,5,10H2,1-4H3,(H,12,13);1H. The molecule has 0 spiro atoms. The van der Waals surface area contributed by atoms with Crippen molar-refractivity contribution in [3.63, 3.8) is 0 Å². The zero-order valence-corrected chi connectivity index (χ0v) is 10.7. The molecule has 0 saturated heterocycles. The number of carbonyl (C=O) groups excluding carboxylic acids is 1. The summed E-state index contributed by atoms with van der Waals surface area (Å²) in [6.45, 7) is 4.97. The molecule has 1 unspecified atom stereocenters. The highest BCUT2D eigenvalue weighted by Gasteiger charge is 2.28. The van der Waals surface area contributed by atoms with Crippen molar-refractivity contribution < 1.29 is 19.4 Å². The van der Waals surface area contributed by atoms with Crippen LogP contribution >= 0.6 is 12.4 Å². The Morgan fingerprint density at radius 2 is 1.88 bits per heavy atom. The van der Waals surface area contributed by atoms with Gasteiger partial charge in [0, 0.05) is 13.6 Å². The Kier molecular flexibility index (Phi) is 7.11. The fraction of sp³-hybridized carbons (Fsp3) is 0.778. The van der Waals surface area contributed by atoms with Gasteiger partial charge in [-0.15, -0.1) is 12.4 Å². The first-order valence-corrected chi connectivity index (χ1v) is 4.57. The number of carboxylic acids is 1. The molecule has 0 aromatic rings. The Balaban J connectivity index is 0. The third kappa shape index (κ3) is 5.77.